The summed E-state index contributed by atoms with van der Waals surface area (Å²) in [6.07, 6.45) is 9.72. The van der Waals surface area contributed by atoms with Gasteiger partial charge in [0.05, 0.1) is 0 Å². The van der Waals surface area contributed by atoms with Crippen molar-refractivity contribution >= 4 is 16.6 Å². The molecule has 1 heterocycles. The molecule has 4 heteroatoms. The third-order valence-electron chi connectivity index (χ3n) is 9.18. The zero-order chi connectivity index (χ0) is 25.8. The van der Waals surface area contributed by atoms with Crippen LogP contribution in [0.15, 0.2) is 72.1 Å². The van der Waals surface area contributed by atoms with Crippen molar-refractivity contribution in [2.24, 2.45) is 16.7 Å². The van der Waals surface area contributed by atoms with Crippen LogP contribution in [0.3, 0.4) is 0 Å². The second-order valence-corrected chi connectivity index (χ2v) is 10.5. The Morgan fingerprint density at radius 3 is 2.14 bits per heavy atom. The first-order valence-electron chi connectivity index (χ1n) is 13.7. The van der Waals surface area contributed by atoms with Gasteiger partial charge in [-0.05, 0) is 79.8 Å². The summed E-state index contributed by atoms with van der Waals surface area (Å²) in [7, 11) is 0. The smallest absolute Gasteiger partial charge is 0.168 e. The van der Waals surface area contributed by atoms with Crippen molar-refractivity contribution in [1.29, 1.82) is 0 Å². The maximum atomic E-state index is 13.1. The summed E-state index contributed by atoms with van der Waals surface area (Å²) in [5.74, 6) is 1.04. The second-order valence-electron chi connectivity index (χ2n) is 10.5. The summed E-state index contributed by atoms with van der Waals surface area (Å²) in [5, 5.41) is 13.3. The number of aromatic nitrogens is 1. The molecule has 3 nitrogen and oxygen atoms in total. The molecule has 2 aromatic carbocycles. The van der Waals surface area contributed by atoms with Gasteiger partial charge in [0.2, 0.25) is 0 Å². The molecule has 1 N–H and O–H groups in total. The summed E-state index contributed by atoms with van der Waals surface area (Å²) in [4.78, 5) is 17.5. The normalized spacial score (nSPS) is 19.9. The Bertz CT molecular complexity index is 1220. The summed E-state index contributed by atoms with van der Waals surface area (Å²) >= 11 is 0. The first-order valence-corrected chi connectivity index (χ1v) is 13.7. The Labute approximate surface area is 236 Å². The molecule has 1 aromatic heterocycles. The van der Waals surface area contributed by atoms with E-state index in [4.69, 9.17) is 0 Å². The molecule has 1 saturated carbocycles. The number of rotatable bonds is 5. The van der Waals surface area contributed by atoms with Gasteiger partial charge in [0.15, 0.2) is 5.78 Å². The van der Waals surface area contributed by atoms with E-state index in [1.165, 1.54) is 10.8 Å². The SMILES string of the molecule is CCC1(CC)CCC2CCC(CC)(CC)C(O)=C2C1=O.[Ir].[c-]1ccccc1-c1nccc2ccccc12. The number of hydrogen-bond donors (Lipinski definition) is 1. The molecule has 1 unspecified atom stereocenters. The number of aliphatic hydroxyl groups excluding tert-OH is 1. The van der Waals surface area contributed by atoms with E-state index in [0.29, 0.717) is 11.7 Å². The molecule has 2 aliphatic rings. The van der Waals surface area contributed by atoms with Crippen molar-refractivity contribution in [2.45, 2.75) is 79.1 Å². The van der Waals surface area contributed by atoms with Crippen LogP contribution in [0.2, 0.25) is 0 Å². The Morgan fingerprint density at radius 1 is 0.892 bits per heavy atom. The van der Waals surface area contributed by atoms with Crippen LogP contribution in [0, 0.1) is 22.8 Å². The van der Waals surface area contributed by atoms with Gasteiger partial charge in [-0.25, -0.2) is 0 Å². The molecule has 0 aliphatic heterocycles. The van der Waals surface area contributed by atoms with Gasteiger partial charge in [0.25, 0.3) is 0 Å². The van der Waals surface area contributed by atoms with E-state index in [2.05, 4.69) is 50.9 Å². The van der Waals surface area contributed by atoms with E-state index in [-0.39, 0.29) is 36.7 Å². The number of pyridine rings is 1. The van der Waals surface area contributed by atoms with E-state index in [1.807, 2.05) is 48.7 Å². The number of carbonyl (C=O) groups excluding carboxylic acids is 1. The number of carbonyl (C=O) groups is 1. The van der Waals surface area contributed by atoms with Gasteiger partial charge >= 0.3 is 0 Å². The summed E-state index contributed by atoms with van der Waals surface area (Å²) in [6.45, 7) is 8.52. The van der Waals surface area contributed by atoms with Crippen molar-refractivity contribution in [3.05, 3.63) is 78.2 Å². The molecular weight excluding hydrogens is 635 g/mol. The molecule has 37 heavy (non-hydrogen) atoms. The largest absolute Gasteiger partial charge is 0.511 e. The summed E-state index contributed by atoms with van der Waals surface area (Å²) < 4.78 is 0. The number of ketones is 1. The third-order valence-corrected chi connectivity index (χ3v) is 9.18. The molecule has 2 aliphatic carbocycles. The van der Waals surface area contributed by atoms with Crippen molar-refractivity contribution in [1.82, 2.24) is 4.98 Å². The quantitative estimate of drug-likeness (QED) is 0.275. The molecule has 5 rings (SSSR count). The molecule has 3 aromatic rings. The summed E-state index contributed by atoms with van der Waals surface area (Å²) in [6, 6.07) is 21.4. The zero-order valence-electron chi connectivity index (χ0n) is 22.6. The summed E-state index contributed by atoms with van der Waals surface area (Å²) in [5.41, 5.74) is 2.52. The number of hydrogen-bond acceptors (Lipinski definition) is 3. The minimum atomic E-state index is -0.204. The maximum absolute atomic E-state index is 13.1. The first-order chi connectivity index (χ1) is 17.4. The van der Waals surface area contributed by atoms with Gasteiger partial charge in [-0.3, -0.25) is 4.79 Å². The number of fused-ring (bicyclic) bond motifs is 2. The van der Waals surface area contributed by atoms with Gasteiger partial charge in [-0.1, -0.05) is 52.0 Å². The molecule has 0 amide bonds. The average Bonchev–Trinajstić information content (AvgIpc) is 2.94. The number of Topliss-reactive ketones (excluding diaryl/α,β-unsaturated/α-hetero) is 1. The van der Waals surface area contributed by atoms with Crippen LogP contribution < -0.4 is 0 Å². The number of aliphatic hydroxyl groups is 1. The zero-order valence-corrected chi connectivity index (χ0v) is 25.0. The van der Waals surface area contributed by atoms with Crippen LogP contribution in [-0.4, -0.2) is 15.9 Å². The molecule has 1 fully saturated rings. The minimum absolute atomic E-state index is 0. The number of benzene rings is 2. The molecule has 0 spiro atoms. The van der Waals surface area contributed by atoms with Gasteiger partial charge in [0, 0.05) is 42.7 Å². The molecule has 1 atom stereocenters. The van der Waals surface area contributed by atoms with Crippen molar-refractivity contribution in [3.8, 4) is 11.3 Å². The standard InChI is InChI=1S/C18H30O2.C15H10N.Ir/c1-5-17(6-2)11-9-13-10-12-18(7-3,8-4)16(20)14(13)15(17)19;1-2-7-13(8-3-1)15-14-9-5-4-6-12(14)10-11-16-15;/h13,19H,5-12H2,1-4H3;1-7,9-11H;/q;-1;. The topological polar surface area (TPSA) is 50.2 Å². The van der Waals surface area contributed by atoms with Crippen LogP contribution in [0.1, 0.15) is 79.1 Å². The van der Waals surface area contributed by atoms with Crippen LogP contribution in [0.4, 0.5) is 0 Å². The number of allylic oxidation sites excluding steroid dienone is 2. The maximum Gasteiger partial charge on any atom is 0.168 e. The Kier molecular flexibility index (Phi) is 9.89. The van der Waals surface area contributed by atoms with Crippen LogP contribution in [0.25, 0.3) is 22.0 Å². The van der Waals surface area contributed by atoms with E-state index < -0.39 is 0 Å². The van der Waals surface area contributed by atoms with E-state index in [9.17, 15) is 9.90 Å². The van der Waals surface area contributed by atoms with Crippen molar-refractivity contribution in [3.63, 3.8) is 0 Å². The Hall–Kier alpha value is -2.29. The monoisotopic (exact) mass is 675 g/mol. The first kappa shape index (κ1) is 29.3. The molecule has 0 saturated heterocycles. The fraction of sp³-hybridized carbons (Fsp3) is 0.455. The molecule has 1 radical (unpaired) electrons. The van der Waals surface area contributed by atoms with E-state index >= 15 is 0 Å². The average molecular weight is 675 g/mol. The predicted octanol–water partition coefficient (Wildman–Crippen LogP) is 8.88. The Balaban J connectivity index is 0.000000204. The van der Waals surface area contributed by atoms with Crippen molar-refractivity contribution < 1.29 is 30.0 Å². The van der Waals surface area contributed by atoms with Crippen LogP contribution in [0.5, 0.6) is 0 Å². The van der Waals surface area contributed by atoms with Gasteiger partial charge < -0.3 is 10.1 Å². The third kappa shape index (κ3) is 5.47. The van der Waals surface area contributed by atoms with Gasteiger partial charge in [-0.15, -0.1) is 35.9 Å². The fourth-order valence-electron chi connectivity index (χ4n) is 6.36. The van der Waals surface area contributed by atoms with Gasteiger partial charge in [-0.2, -0.15) is 0 Å². The predicted molar refractivity (Wildman–Crippen MR) is 149 cm³/mol. The molecular formula is C33H40IrNO2-. The number of nitrogens with zero attached hydrogens (tertiary/aromatic N) is 1. The van der Waals surface area contributed by atoms with E-state index in [0.717, 1.165) is 68.2 Å². The fourth-order valence-corrected chi connectivity index (χ4v) is 6.36. The van der Waals surface area contributed by atoms with Crippen LogP contribution >= 0.6 is 0 Å². The van der Waals surface area contributed by atoms with Crippen LogP contribution in [-0.2, 0) is 24.9 Å². The molecule has 0 bridgehead atoms. The Morgan fingerprint density at radius 2 is 1.51 bits per heavy atom. The van der Waals surface area contributed by atoms with Gasteiger partial charge in [0.1, 0.15) is 5.76 Å². The van der Waals surface area contributed by atoms with E-state index in [1.54, 1.807) is 0 Å². The van der Waals surface area contributed by atoms with Crippen molar-refractivity contribution in [2.75, 3.05) is 0 Å². The second kappa shape index (κ2) is 12.5. The minimum Gasteiger partial charge on any atom is -0.511 e. The molecule has 199 valence electrons.